The Balaban J connectivity index is 1.84. The number of carbonyl (C=O) groups excluding carboxylic acids is 1. The molecule has 3 rings (SSSR count). The summed E-state index contributed by atoms with van der Waals surface area (Å²) in [4.78, 5) is 24.4. The monoisotopic (exact) mass is 375 g/mol. The molecule has 0 saturated heterocycles. The lowest BCUT2D eigenvalue weighted by Crippen LogP contribution is -2.37. The Bertz CT molecular complexity index is 842. The Kier molecular flexibility index (Phi) is 5.46. The van der Waals surface area contributed by atoms with Gasteiger partial charge in [-0.1, -0.05) is 30.3 Å². The molecular weight excluding hydrogens is 357 g/mol. The number of hydrogen-bond acceptors (Lipinski definition) is 4. The van der Waals surface area contributed by atoms with Crippen LogP contribution >= 0.6 is 11.8 Å². The van der Waals surface area contributed by atoms with Crippen LogP contribution < -0.4 is 10.1 Å². The van der Waals surface area contributed by atoms with Gasteiger partial charge in [-0.25, -0.2) is 9.18 Å². The van der Waals surface area contributed by atoms with Crippen molar-refractivity contribution in [1.82, 2.24) is 5.32 Å². The molecule has 0 aromatic heterocycles. The summed E-state index contributed by atoms with van der Waals surface area (Å²) >= 11 is 1.47. The highest BCUT2D eigenvalue weighted by Crippen LogP contribution is 2.37. The van der Waals surface area contributed by atoms with Gasteiger partial charge in [0.05, 0.1) is 7.11 Å². The Hall–Kier alpha value is -2.54. The van der Waals surface area contributed by atoms with E-state index in [2.05, 4.69) is 5.32 Å². The van der Waals surface area contributed by atoms with Gasteiger partial charge >= 0.3 is 5.97 Å². The van der Waals surface area contributed by atoms with Crippen molar-refractivity contribution in [1.29, 1.82) is 0 Å². The van der Waals surface area contributed by atoms with Crippen LogP contribution in [0.25, 0.3) is 0 Å². The highest BCUT2D eigenvalue weighted by atomic mass is 32.2. The van der Waals surface area contributed by atoms with Gasteiger partial charge in [0.15, 0.2) is 17.6 Å². The first-order valence-electron chi connectivity index (χ1n) is 8.07. The number of nitrogens with one attached hydrogen (secondary N) is 1. The predicted molar refractivity (Wildman–Crippen MR) is 96.8 cm³/mol. The molecule has 2 unspecified atom stereocenters. The minimum absolute atomic E-state index is 0.0148. The zero-order valence-corrected chi connectivity index (χ0v) is 14.9. The summed E-state index contributed by atoms with van der Waals surface area (Å²) in [5, 5.41) is 11.6. The number of carboxylic acid groups (broad SMARTS) is 1. The number of aryl methyl sites for hydroxylation is 1. The molecule has 2 atom stereocenters. The Morgan fingerprint density at radius 1 is 1.31 bits per heavy atom. The summed E-state index contributed by atoms with van der Waals surface area (Å²) in [7, 11) is 1.33. The molecule has 0 fully saturated rings. The number of thioether (sulfide) groups is 1. The van der Waals surface area contributed by atoms with Crippen LogP contribution in [-0.4, -0.2) is 29.8 Å². The molecule has 1 amide bonds. The number of carbonyl (C=O) groups is 2. The molecule has 5 nitrogen and oxygen atoms in total. The molecular formula is C19H18FNO4S. The zero-order valence-electron chi connectivity index (χ0n) is 14.1. The summed E-state index contributed by atoms with van der Waals surface area (Å²) in [6.45, 7) is 0. The summed E-state index contributed by atoms with van der Waals surface area (Å²) in [6, 6.07) is 10.2. The van der Waals surface area contributed by atoms with Crippen LogP contribution in [-0.2, 0) is 16.0 Å². The topological polar surface area (TPSA) is 75.6 Å². The van der Waals surface area contributed by atoms with Crippen molar-refractivity contribution in [3.05, 3.63) is 65.0 Å². The predicted octanol–water partition coefficient (Wildman–Crippen LogP) is 3.11. The second kappa shape index (κ2) is 7.78. The van der Waals surface area contributed by atoms with Gasteiger partial charge in [-0.3, -0.25) is 4.79 Å². The fourth-order valence-electron chi connectivity index (χ4n) is 2.98. The molecule has 1 heterocycles. The first-order valence-corrected chi connectivity index (χ1v) is 9.12. The molecule has 1 aliphatic heterocycles. The molecule has 0 radical (unpaired) electrons. The second-order valence-corrected chi connectivity index (χ2v) is 7.09. The number of fused-ring (bicyclic) bond motifs is 1. The van der Waals surface area contributed by atoms with Gasteiger partial charge < -0.3 is 15.2 Å². The van der Waals surface area contributed by atoms with Crippen LogP contribution in [0.1, 0.15) is 28.0 Å². The van der Waals surface area contributed by atoms with Crippen LogP contribution in [0.3, 0.4) is 0 Å². The lowest BCUT2D eigenvalue weighted by molar-refractivity contribution is -0.142. The third kappa shape index (κ3) is 3.67. The molecule has 0 bridgehead atoms. The number of amides is 1. The Morgan fingerprint density at radius 2 is 2.08 bits per heavy atom. The summed E-state index contributed by atoms with van der Waals surface area (Å²) in [6.07, 6.45) is 0.872. The number of rotatable bonds is 5. The van der Waals surface area contributed by atoms with Crippen molar-refractivity contribution in [3.63, 3.8) is 0 Å². The van der Waals surface area contributed by atoms with E-state index in [1.165, 1.54) is 31.0 Å². The van der Waals surface area contributed by atoms with Crippen molar-refractivity contribution in [3.8, 4) is 5.75 Å². The van der Waals surface area contributed by atoms with Gasteiger partial charge in [0.25, 0.3) is 0 Å². The van der Waals surface area contributed by atoms with Gasteiger partial charge in [0.2, 0.25) is 5.91 Å². The van der Waals surface area contributed by atoms with Gasteiger partial charge in [-0.15, -0.1) is 11.8 Å². The lowest BCUT2D eigenvalue weighted by atomic mass is 10.0. The number of hydrogen-bond donors (Lipinski definition) is 2. The Labute approximate surface area is 154 Å². The number of methoxy groups -OCH3 is 1. The van der Waals surface area contributed by atoms with E-state index < -0.39 is 29.0 Å². The van der Waals surface area contributed by atoms with E-state index in [9.17, 15) is 19.1 Å². The molecule has 136 valence electrons. The molecule has 0 aliphatic carbocycles. The van der Waals surface area contributed by atoms with Crippen molar-refractivity contribution >= 4 is 23.6 Å². The molecule has 7 heteroatoms. The van der Waals surface area contributed by atoms with Crippen LogP contribution in [0, 0.1) is 5.82 Å². The molecule has 1 aliphatic rings. The normalized spacial score (nSPS) is 17.1. The average Bonchev–Trinajstić information content (AvgIpc) is 2.65. The minimum atomic E-state index is -1.34. The maximum atomic E-state index is 13.9. The number of aliphatic carboxylic acids is 1. The SMILES string of the molecule is COc1ccc(C(NC(=O)C2SCCc3ccccc32)C(=O)O)cc1F. The van der Waals surface area contributed by atoms with E-state index >= 15 is 0 Å². The first kappa shape index (κ1) is 18.3. The van der Waals surface area contributed by atoms with Crippen LogP contribution in [0.15, 0.2) is 42.5 Å². The third-order valence-corrected chi connectivity index (χ3v) is 5.52. The average molecular weight is 375 g/mol. The molecule has 26 heavy (non-hydrogen) atoms. The first-order chi connectivity index (χ1) is 12.5. The second-order valence-electron chi connectivity index (χ2n) is 5.87. The van der Waals surface area contributed by atoms with Crippen molar-refractivity contribution in [2.75, 3.05) is 12.9 Å². The van der Waals surface area contributed by atoms with E-state index in [-0.39, 0.29) is 11.3 Å². The van der Waals surface area contributed by atoms with Gasteiger partial charge in [0, 0.05) is 0 Å². The van der Waals surface area contributed by atoms with Gasteiger partial charge in [-0.2, -0.15) is 0 Å². The fourth-order valence-corrected chi connectivity index (χ4v) is 4.18. The highest BCUT2D eigenvalue weighted by Gasteiger charge is 2.31. The number of halogens is 1. The van der Waals surface area contributed by atoms with E-state index in [4.69, 9.17) is 4.74 Å². The number of benzene rings is 2. The summed E-state index contributed by atoms with van der Waals surface area (Å²) in [5.41, 5.74) is 2.14. The maximum Gasteiger partial charge on any atom is 0.330 e. The van der Waals surface area contributed by atoms with Crippen molar-refractivity contribution in [2.24, 2.45) is 0 Å². The lowest BCUT2D eigenvalue weighted by Gasteiger charge is -2.26. The molecule has 2 N–H and O–H groups in total. The van der Waals surface area contributed by atoms with E-state index in [1.54, 1.807) is 0 Å². The van der Waals surface area contributed by atoms with E-state index in [0.717, 1.165) is 29.4 Å². The summed E-state index contributed by atoms with van der Waals surface area (Å²) in [5.74, 6) is -1.53. The van der Waals surface area contributed by atoms with Crippen molar-refractivity contribution in [2.45, 2.75) is 17.7 Å². The highest BCUT2D eigenvalue weighted by molar-refractivity contribution is 8.00. The minimum Gasteiger partial charge on any atom is -0.494 e. The molecule has 2 aromatic rings. The zero-order chi connectivity index (χ0) is 18.7. The number of ether oxygens (including phenoxy) is 1. The quantitative estimate of drug-likeness (QED) is 0.840. The fraction of sp³-hybridized carbons (Fsp3) is 0.263. The van der Waals surface area contributed by atoms with Crippen LogP contribution in [0.5, 0.6) is 5.75 Å². The third-order valence-electron chi connectivity index (χ3n) is 4.27. The van der Waals surface area contributed by atoms with Crippen LogP contribution in [0.4, 0.5) is 4.39 Å². The van der Waals surface area contributed by atoms with Gasteiger partial charge in [-0.05, 0) is 41.0 Å². The van der Waals surface area contributed by atoms with E-state index in [1.807, 2.05) is 24.3 Å². The van der Waals surface area contributed by atoms with E-state index in [0.29, 0.717) is 0 Å². The smallest absolute Gasteiger partial charge is 0.330 e. The molecule has 0 spiro atoms. The number of carboxylic acids is 1. The summed E-state index contributed by atoms with van der Waals surface area (Å²) < 4.78 is 18.8. The standard InChI is InChI=1S/C19H18FNO4S/c1-25-15-7-6-12(10-14(15)20)16(19(23)24)21-18(22)17-13-5-3-2-4-11(13)8-9-26-17/h2-7,10,16-17H,8-9H2,1H3,(H,21,22)(H,23,24). The molecule has 0 saturated carbocycles. The van der Waals surface area contributed by atoms with Crippen molar-refractivity contribution < 1.29 is 23.8 Å². The maximum absolute atomic E-state index is 13.9. The van der Waals surface area contributed by atoms with Crippen LogP contribution in [0.2, 0.25) is 0 Å². The largest absolute Gasteiger partial charge is 0.494 e. The van der Waals surface area contributed by atoms with Gasteiger partial charge in [0.1, 0.15) is 5.25 Å². The Morgan fingerprint density at radius 3 is 2.77 bits per heavy atom. The molecule has 2 aromatic carbocycles.